The van der Waals surface area contributed by atoms with Crippen molar-refractivity contribution in [3.63, 3.8) is 0 Å². The standard InChI is InChI=1S/C24H30N6O2/c1-15-12-17(13-16(2)21(15)31)14-26-23-20(22(25)32)24(29-28-23)27-18-6-8-19(9-7-18)30-10-4-3-5-11-30/h6-9,12-13,31H,3-5,10-11,14H2,1-2H3,(H2,25,32)(H3,26,27,28,29). The van der Waals surface area contributed by atoms with Crippen LogP contribution in [-0.2, 0) is 6.54 Å². The van der Waals surface area contributed by atoms with Gasteiger partial charge in [0.1, 0.15) is 17.1 Å². The summed E-state index contributed by atoms with van der Waals surface area (Å²) in [6, 6.07) is 11.9. The molecular weight excluding hydrogens is 404 g/mol. The molecule has 8 nitrogen and oxygen atoms in total. The highest BCUT2D eigenvalue weighted by molar-refractivity contribution is 6.03. The number of H-pyrrole nitrogens is 1. The predicted octanol–water partition coefficient (Wildman–Crippen LogP) is 4.18. The molecular formula is C24H30N6O2. The number of amides is 1. The van der Waals surface area contributed by atoms with Crippen molar-refractivity contribution in [2.24, 2.45) is 5.73 Å². The number of phenols is 1. The van der Waals surface area contributed by atoms with E-state index < -0.39 is 5.91 Å². The third kappa shape index (κ3) is 4.64. The van der Waals surface area contributed by atoms with Crippen LogP contribution in [0.15, 0.2) is 36.4 Å². The lowest BCUT2D eigenvalue weighted by molar-refractivity contribution is 0.100. The number of aromatic nitrogens is 2. The Hall–Kier alpha value is -3.68. The second-order valence-electron chi connectivity index (χ2n) is 8.34. The van der Waals surface area contributed by atoms with E-state index in [2.05, 4.69) is 37.9 Å². The van der Waals surface area contributed by atoms with E-state index in [9.17, 15) is 9.90 Å². The van der Waals surface area contributed by atoms with Gasteiger partial charge in [0.25, 0.3) is 5.91 Å². The molecule has 2 heterocycles. The number of nitrogens with zero attached hydrogens (tertiary/aromatic N) is 2. The van der Waals surface area contributed by atoms with Crippen molar-refractivity contribution < 1.29 is 9.90 Å². The summed E-state index contributed by atoms with van der Waals surface area (Å²) in [6.45, 7) is 6.33. The van der Waals surface area contributed by atoms with Crippen LogP contribution in [0.3, 0.4) is 0 Å². The quantitative estimate of drug-likeness (QED) is 0.381. The van der Waals surface area contributed by atoms with Gasteiger partial charge in [0.2, 0.25) is 0 Å². The lowest BCUT2D eigenvalue weighted by Crippen LogP contribution is -2.29. The Labute approximate surface area is 187 Å². The molecule has 0 saturated carbocycles. The number of carbonyl (C=O) groups excluding carboxylic acids is 1. The summed E-state index contributed by atoms with van der Waals surface area (Å²) in [6.07, 6.45) is 3.76. The molecule has 32 heavy (non-hydrogen) atoms. The average Bonchev–Trinajstić information content (AvgIpc) is 3.19. The van der Waals surface area contributed by atoms with E-state index in [0.29, 0.717) is 23.9 Å². The molecule has 1 aromatic heterocycles. The molecule has 0 spiro atoms. The number of piperidine rings is 1. The molecule has 168 valence electrons. The first-order chi connectivity index (χ1) is 15.4. The van der Waals surface area contributed by atoms with Crippen molar-refractivity contribution in [1.82, 2.24) is 10.2 Å². The number of nitrogens with one attached hydrogen (secondary N) is 3. The summed E-state index contributed by atoms with van der Waals surface area (Å²) in [5.41, 5.74) is 10.5. The van der Waals surface area contributed by atoms with Crippen LogP contribution in [-0.4, -0.2) is 34.3 Å². The van der Waals surface area contributed by atoms with E-state index in [-0.39, 0.29) is 5.56 Å². The Morgan fingerprint density at radius 2 is 1.78 bits per heavy atom. The van der Waals surface area contributed by atoms with Crippen LogP contribution in [0.25, 0.3) is 0 Å². The third-order valence-electron chi connectivity index (χ3n) is 5.88. The number of aromatic amines is 1. The number of rotatable bonds is 7. The Morgan fingerprint density at radius 1 is 1.12 bits per heavy atom. The number of hydrogen-bond donors (Lipinski definition) is 5. The van der Waals surface area contributed by atoms with Crippen molar-refractivity contribution >= 4 is 28.9 Å². The average molecular weight is 435 g/mol. The van der Waals surface area contributed by atoms with Gasteiger partial charge in [-0.25, -0.2) is 0 Å². The van der Waals surface area contributed by atoms with Gasteiger partial charge in [-0.05, 0) is 74.1 Å². The van der Waals surface area contributed by atoms with E-state index in [0.717, 1.165) is 35.5 Å². The van der Waals surface area contributed by atoms with Gasteiger partial charge in [0.15, 0.2) is 5.82 Å². The zero-order chi connectivity index (χ0) is 22.7. The van der Waals surface area contributed by atoms with Gasteiger partial charge in [0, 0.05) is 31.0 Å². The van der Waals surface area contributed by atoms with Crippen molar-refractivity contribution in [2.75, 3.05) is 28.6 Å². The topological polar surface area (TPSA) is 119 Å². The van der Waals surface area contributed by atoms with Gasteiger partial charge in [-0.3, -0.25) is 9.89 Å². The van der Waals surface area contributed by atoms with Gasteiger partial charge >= 0.3 is 0 Å². The molecule has 8 heteroatoms. The second-order valence-corrected chi connectivity index (χ2v) is 8.34. The molecule has 6 N–H and O–H groups in total. The van der Waals surface area contributed by atoms with Crippen LogP contribution in [0.1, 0.15) is 46.3 Å². The molecule has 3 aromatic rings. The maximum atomic E-state index is 12.2. The monoisotopic (exact) mass is 434 g/mol. The molecule has 0 bridgehead atoms. The van der Waals surface area contributed by atoms with Crippen molar-refractivity contribution in [3.05, 3.63) is 58.7 Å². The van der Waals surface area contributed by atoms with E-state index in [4.69, 9.17) is 5.73 Å². The fourth-order valence-corrected chi connectivity index (χ4v) is 4.19. The number of nitrogens with two attached hydrogens (primary N) is 1. The Morgan fingerprint density at radius 3 is 2.41 bits per heavy atom. The van der Waals surface area contributed by atoms with Gasteiger partial charge in [-0.2, -0.15) is 5.10 Å². The molecule has 1 fully saturated rings. The second kappa shape index (κ2) is 9.21. The Kier molecular flexibility index (Phi) is 6.20. The number of benzene rings is 2. The molecule has 1 aliphatic rings. The fourth-order valence-electron chi connectivity index (χ4n) is 4.19. The summed E-state index contributed by atoms with van der Waals surface area (Å²) in [4.78, 5) is 14.6. The van der Waals surface area contributed by atoms with Crippen molar-refractivity contribution in [2.45, 2.75) is 39.7 Å². The molecule has 2 aromatic carbocycles. The summed E-state index contributed by atoms with van der Waals surface area (Å²) in [5, 5.41) is 23.5. The number of phenolic OH excluding ortho intramolecular Hbond substituents is 1. The smallest absolute Gasteiger partial charge is 0.256 e. The summed E-state index contributed by atoms with van der Waals surface area (Å²) in [7, 11) is 0. The van der Waals surface area contributed by atoms with Crippen molar-refractivity contribution in [1.29, 1.82) is 0 Å². The third-order valence-corrected chi connectivity index (χ3v) is 5.88. The predicted molar refractivity (Wildman–Crippen MR) is 128 cm³/mol. The number of aromatic hydroxyl groups is 1. The molecule has 1 aliphatic heterocycles. The van der Waals surface area contributed by atoms with E-state index in [1.807, 2.05) is 38.1 Å². The minimum atomic E-state index is -0.577. The lowest BCUT2D eigenvalue weighted by Gasteiger charge is -2.28. The molecule has 1 amide bonds. The number of anilines is 4. The van der Waals surface area contributed by atoms with Crippen LogP contribution in [0.5, 0.6) is 5.75 Å². The maximum Gasteiger partial charge on any atom is 0.256 e. The van der Waals surface area contributed by atoms with E-state index in [1.165, 1.54) is 24.9 Å². The first kappa shape index (κ1) is 21.5. The maximum absolute atomic E-state index is 12.2. The normalized spacial score (nSPS) is 13.8. The molecule has 0 unspecified atom stereocenters. The van der Waals surface area contributed by atoms with Gasteiger partial charge in [-0.1, -0.05) is 12.1 Å². The van der Waals surface area contributed by atoms with Crippen LogP contribution >= 0.6 is 0 Å². The van der Waals surface area contributed by atoms with Gasteiger partial charge in [-0.15, -0.1) is 0 Å². The Bertz CT molecular complexity index is 1080. The zero-order valence-electron chi connectivity index (χ0n) is 18.5. The first-order valence-corrected chi connectivity index (χ1v) is 11.0. The van der Waals surface area contributed by atoms with Gasteiger partial charge in [0.05, 0.1) is 0 Å². The largest absolute Gasteiger partial charge is 0.507 e. The van der Waals surface area contributed by atoms with Crippen LogP contribution in [0.2, 0.25) is 0 Å². The minimum Gasteiger partial charge on any atom is -0.507 e. The van der Waals surface area contributed by atoms with Crippen molar-refractivity contribution in [3.8, 4) is 5.75 Å². The highest BCUT2D eigenvalue weighted by Gasteiger charge is 2.19. The first-order valence-electron chi connectivity index (χ1n) is 11.0. The molecule has 0 aliphatic carbocycles. The number of carbonyl (C=O) groups is 1. The summed E-state index contributed by atoms with van der Waals surface area (Å²) < 4.78 is 0. The highest BCUT2D eigenvalue weighted by Crippen LogP contribution is 2.28. The van der Waals surface area contributed by atoms with Gasteiger partial charge < -0.3 is 26.4 Å². The number of aryl methyl sites for hydroxylation is 2. The van der Waals surface area contributed by atoms with E-state index >= 15 is 0 Å². The molecule has 0 radical (unpaired) electrons. The summed E-state index contributed by atoms with van der Waals surface area (Å²) >= 11 is 0. The van der Waals surface area contributed by atoms with Crippen LogP contribution < -0.4 is 21.3 Å². The molecule has 1 saturated heterocycles. The SMILES string of the molecule is Cc1cc(CNc2n[nH]c(Nc3ccc(N4CCCCC4)cc3)c2C(N)=O)cc(C)c1O. The Balaban J connectivity index is 1.47. The van der Waals surface area contributed by atoms with Crippen LogP contribution in [0, 0.1) is 13.8 Å². The number of hydrogen-bond acceptors (Lipinski definition) is 6. The molecule has 0 atom stereocenters. The lowest BCUT2D eigenvalue weighted by atomic mass is 10.1. The highest BCUT2D eigenvalue weighted by atomic mass is 16.3. The summed E-state index contributed by atoms with van der Waals surface area (Å²) in [5.74, 6) is 0.549. The zero-order valence-corrected chi connectivity index (χ0v) is 18.5. The van der Waals surface area contributed by atoms with E-state index in [1.54, 1.807) is 0 Å². The fraction of sp³-hybridized carbons (Fsp3) is 0.333. The minimum absolute atomic E-state index is 0.275. The van der Waals surface area contributed by atoms with Crippen LogP contribution in [0.4, 0.5) is 23.0 Å². The number of primary amides is 1. The molecule has 4 rings (SSSR count).